The summed E-state index contributed by atoms with van der Waals surface area (Å²) >= 11 is 0. The molecule has 2 aromatic carbocycles. The van der Waals surface area contributed by atoms with E-state index in [9.17, 15) is 33.6 Å². The van der Waals surface area contributed by atoms with Crippen LogP contribution in [0.25, 0.3) is 0 Å². The van der Waals surface area contributed by atoms with E-state index in [-0.39, 0.29) is 49.9 Å². The van der Waals surface area contributed by atoms with Crippen LogP contribution in [0.15, 0.2) is 60.7 Å². The molecule has 0 spiro atoms. The number of ether oxygens (including phenoxy) is 1. The molecule has 4 atom stereocenters. The van der Waals surface area contributed by atoms with Crippen LogP contribution in [-0.4, -0.2) is 72.1 Å². The van der Waals surface area contributed by atoms with Gasteiger partial charge >= 0.3 is 6.09 Å². The first-order valence-electron chi connectivity index (χ1n) is 17.1. The number of nitrogens with one attached hydrogen (secondary N) is 5. The number of carbonyl (C=O) groups excluding carboxylic acids is 7. The lowest BCUT2D eigenvalue weighted by Crippen LogP contribution is -2.50. The molecule has 2 rings (SSSR count). The Morgan fingerprint density at radius 1 is 0.654 bits per heavy atom. The highest BCUT2D eigenvalue weighted by Crippen LogP contribution is 2.12. The molecule has 0 fully saturated rings. The van der Waals surface area contributed by atoms with Gasteiger partial charge in [0.1, 0.15) is 11.6 Å². The van der Waals surface area contributed by atoms with Crippen molar-refractivity contribution in [2.24, 2.45) is 5.73 Å². The summed E-state index contributed by atoms with van der Waals surface area (Å²) < 4.78 is 5.13. The Morgan fingerprint density at radius 3 is 1.44 bits per heavy atom. The molecule has 288 valence electrons. The van der Waals surface area contributed by atoms with Gasteiger partial charge in [-0.2, -0.15) is 0 Å². The Labute approximate surface area is 312 Å². The number of ketones is 2. The number of halogens is 1. The molecule has 0 saturated carbocycles. The third kappa shape index (κ3) is 19.0. The van der Waals surface area contributed by atoms with E-state index in [1.54, 1.807) is 20.8 Å². The highest BCUT2D eigenvalue weighted by Gasteiger charge is 2.28. The summed E-state index contributed by atoms with van der Waals surface area (Å²) in [4.78, 5) is 83.5. The molecule has 2 aromatic rings. The van der Waals surface area contributed by atoms with Crippen LogP contribution in [0, 0.1) is 0 Å². The van der Waals surface area contributed by atoms with Crippen molar-refractivity contribution >= 4 is 53.7 Å². The van der Waals surface area contributed by atoms with Gasteiger partial charge in [0.2, 0.25) is 23.4 Å². The van der Waals surface area contributed by atoms with Gasteiger partial charge in [0.15, 0.2) is 0 Å². The van der Waals surface area contributed by atoms with Crippen LogP contribution in [0.1, 0.15) is 97.4 Å². The van der Waals surface area contributed by atoms with Crippen LogP contribution in [0.4, 0.5) is 4.79 Å². The molecular formula is C37H55ClN6O8. The molecule has 0 aromatic heterocycles. The quantitative estimate of drug-likeness (QED) is 0.131. The Hall–Kier alpha value is -4.82. The number of nitrogens with two attached hydrogens (primary N) is 1. The normalized spacial score (nSPS) is 12.8. The van der Waals surface area contributed by atoms with E-state index >= 15 is 0 Å². The highest BCUT2D eigenvalue weighted by atomic mass is 35.5. The van der Waals surface area contributed by atoms with Gasteiger partial charge in [-0.1, -0.05) is 87.4 Å². The van der Waals surface area contributed by atoms with Gasteiger partial charge in [-0.3, -0.25) is 28.8 Å². The first kappa shape index (κ1) is 47.2. The second kappa shape index (κ2) is 24.4. The average Bonchev–Trinajstić information content (AvgIpc) is 3.09. The van der Waals surface area contributed by atoms with Crippen molar-refractivity contribution in [2.75, 3.05) is 13.1 Å². The summed E-state index contributed by atoms with van der Waals surface area (Å²) in [5.74, 6) is -4.03. The maximum absolute atomic E-state index is 12.4. The smallest absolute Gasteiger partial charge is 0.408 e. The minimum absolute atomic E-state index is 0. The molecule has 14 nitrogen and oxygen atoms in total. The van der Waals surface area contributed by atoms with E-state index in [1.807, 2.05) is 88.4 Å². The maximum Gasteiger partial charge on any atom is 0.408 e. The van der Waals surface area contributed by atoms with Crippen molar-refractivity contribution in [3.05, 3.63) is 71.8 Å². The lowest BCUT2D eigenvalue weighted by Gasteiger charge is -2.22. The number of benzene rings is 2. The van der Waals surface area contributed by atoms with Gasteiger partial charge in [-0.05, 0) is 58.6 Å². The minimum Gasteiger partial charge on any atom is -0.444 e. The van der Waals surface area contributed by atoms with E-state index in [0.717, 1.165) is 17.5 Å². The van der Waals surface area contributed by atoms with E-state index in [0.29, 0.717) is 12.8 Å². The second-order valence-corrected chi connectivity index (χ2v) is 12.9. The third-order valence-corrected chi connectivity index (χ3v) is 7.14. The zero-order valence-electron chi connectivity index (χ0n) is 31.1. The lowest BCUT2D eigenvalue weighted by molar-refractivity contribution is -0.139. The maximum atomic E-state index is 12.4. The predicted molar refractivity (Wildman–Crippen MR) is 200 cm³/mol. The largest absolute Gasteiger partial charge is 0.444 e. The van der Waals surface area contributed by atoms with Crippen molar-refractivity contribution in [1.29, 1.82) is 0 Å². The van der Waals surface area contributed by atoms with Crippen LogP contribution < -0.4 is 32.3 Å². The van der Waals surface area contributed by atoms with Gasteiger partial charge < -0.3 is 37.1 Å². The molecule has 5 amide bonds. The van der Waals surface area contributed by atoms with Crippen molar-refractivity contribution in [2.45, 2.75) is 104 Å². The van der Waals surface area contributed by atoms with Gasteiger partial charge in [0.05, 0.1) is 31.2 Å². The van der Waals surface area contributed by atoms with Gasteiger partial charge in [0.25, 0.3) is 11.8 Å². The Kier molecular flexibility index (Phi) is 22.1. The standard InChI is InChI=1S/C21H31N3O5.C16H23N3O3.ClH/c1-6-10-16(24-20(28)29-21(3,4)5)18(26)19(27)22-13-17(25)23-14(2)15-11-8-7-9-12-15;1-3-7-13(17)15(21)16(22)18-10-14(20)19-11(2)12-8-5-4-6-9-12;/h7-9,11-12,14,16H,6,10,13H2,1-5H3,(H,22,27)(H,23,25)(H,24,28);4-6,8-9,11,13H,3,7,10,17H2,1-2H3,(H,18,22)(H,19,20);1H/t14-,16?;11-,13?;/m11./s1. The summed E-state index contributed by atoms with van der Waals surface area (Å²) in [6, 6.07) is 16.6. The van der Waals surface area contributed by atoms with Crippen molar-refractivity contribution in [3.8, 4) is 0 Å². The SMILES string of the molecule is CCCC(N)C(=O)C(=O)NCC(=O)N[C@H](C)c1ccccc1.CCCC(NC(=O)OC(C)(C)C)C(=O)C(=O)NCC(=O)N[C@H](C)c1ccccc1.Cl. The molecule has 0 radical (unpaired) electrons. The van der Waals surface area contributed by atoms with Gasteiger partial charge in [0, 0.05) is 0 Å². The number of alkyl carbamates (subject to hydrolysis) is 1. The number of carbonyl (C=O) groups is 7. The van der Waals surface area contributed by atoms with Gasteiger partial charge in [-0.15, -0.1) is 12.4 Å². The second-order valence-electron chi connectivity index (χ2n) is 12.9. The fraction of sp³-hybridized carbons (Fsp3) is 0.486. The number of hydrogen-bond acceptors (Lipinski definition) is 9. The third-order valence-electron chi connectivity index (χ3n) is 7.14. The van der Waals surface area contributed by atoms with Crippen molar-refractivity contribution in [1.82, 2.24) is 26.6 Å². The molecule has 2 unspecified atom stereocenters. The zero-order chi connectivity index (χ0) is 38.6. The summed E-state index contributed by atoms with van der Waals surface area (Å²) in [6.45, 7) is 11.9. The highest BCUT2D eigenvalue weighted by molar-refractivity contribution is 6.39. The molecule has 0 bridgehead atoms. The molecule has 52 heavy (non-hydrogen) atoms. The summed E-state index contributed by atoms with van der Waals surface area (Å²) in [5.41, 5.74) is 6.74. The number of hydrogen-bond donors (Lipinski definition) is 6. The molecule has 0 saturated heterocycles. The van der Waals surface area contributed by atoms with Gasteiger partial charge in [-0.25, -0.2) is 4.79 Å². The Morgan fingerprint density at radius 2 is 1.06 bits per heavy atom. The van der Waals surface area contributed by atoms with Crippen LogP contribution in [0.5, 0.6) is 0 Å². The summed E-state index contributed by atoms with van der Waals surface area (Å²) in [5, 5.41) is 12.5. The first-order valence-corrected chi connectivity index (χ1v) is 17.1. The van der Waals surface area contributed by atoms with E-state index in [4.69, 9.17) is 10.5 Å². The fourth-order valence-corrected chi connectivity index (χ4v) is 4.51. The molecule has 0 aliphatic carbocycles. The Bertz CT molecular complexity index is 1450. The van der Waals surface area contributed by atoms with Crippen molar-refractivity contribution in [3.63, 3.8) is 0 Å². The number of amides is 5. The monoisotopic (exact) mass is 746 g/mol. The predicted octanol–water partition coefficient (Wildman–Crippen LogP) is 3.34. The molecule has 0 aliphatic rings. The van der Waals surface area contributed by atoms with Crippen molar-refractivity contribution < 1.29 is 38.3 Å². The molecule has 7 N–H and O–H groups in total. The van der Waals surface area contributed by atoms with Crippen LogP contribution in [0.2, 0.25) is 0 Å². The molecule has 15 heteroatoms. The molecule has 0 aliphatic heterocycles. The van der Waals surface area contributed by atoms with Crippen LogP contribution in [0.3, 0.4) is 0 Å². The number of Topliss-reactive ketones (excluding diaryl/α,β-unsaturated/α-hetero) is 2. The summed E-state index contributed by atoms with van der Waals surface area (Å²) in [6.07, 6.45) is 1.25. The Balaban J connectivity index is 0.00000102. The van der Waals surface area contributed by atoms with E-state index < -0.39 is 53.1 Å². The summed E-state index contributed by atoms with van der Waals surface area (Å²) in [7, 11) is 0. The molecule has 0 heterocycles. The minimum atomic E-state index is -1.01. The van der Waals surface area contributed by atoms with E-state index in [2.05, 4.69) is 26.6 Å². The topological polar surface area (TPSA) is 215 Å². The lowest BCUT2D eigenvalue weighted by atomic mass is 10.1. The van der Waals surface area contributed by atoms with Crippen LogP contribution >= 0.6 is 12.4 Å². The average molecular weight is 747 g/mol. The van der Waals surface area contributed by atoms with E-state index in [1.165, 1.54) is 0 Å². The fourth-order valence-electron chi connectivity index (χ4n) is 4.51. The first-order chi connectivity index (χ1) is 24.0. The van der Waals surface area contributed by atoms with Crippen LogP contribution in [-0.2, 0) is 33.5 Å². The number of rotatable bonds is 17. The molecular weight excluding hydrogens is 692 g/mol. The zero-order valence-corrected chi connectivity index (χ0v) is 31.9.